The van der Waals surface area contributed by atoms with E-state index in [-0.39, 0.29) is 23.9 Å². The molecule has 0 aliphatic carbocycles. The first-order valence-electron chi connectivity index (χ1n) is 8.34. The molecule has 1 saturated heterocycles. The second-order valence-corrected chi connectivity index (χ2v) is 5.87. The average Bonchev–Trinajstić information content (AvgIpc) is 2.64. The average molecular weight is 362 g/mol. The zero-order chi connectivity index (χ0) is 18.4. The number of nitrogens with zero attached hydrogens (tertiary/aromatic N) is 3. The molecule has 1 aliphatic heterocycles. The second kappa shape index (κ2) is 8.57. The molecule has 1 N–H and O–H groups in total. The van der Waals surface area contributed by atoms with E-state index in [9.17, 15) is 13.6 Å². The highest BCUT2D eigenvalue weighted by Gasteiger charge is 2.20. The number of anilines is 2. The zero-order valence-corrected chi connectivity index (χ0v) is 14.1. The molecule has 138 valence electrons. The third-order valence-electron chi connectivity index (χ3n) is 4.09. The van der Waals surface area contributed by atoms with Gasteiger partial charge in [0.05, 0.1) is 12.2 Å². The summed E-state index contributed by atoms with van der Waals surface area (Å²) in [5.74, 6) is 0.618. The molecule has 2 heterocycles. The van der Waals surface area contributed by atoms with Crippen LogP contribution in [-0.2, 0) is 4.79 Å². The van der Waals surface area contributed by atoms with Crippen molar-refractivity contribution >= 4 is 17.4 Å². The van der Waals surface area contributed by atoms with Gasteiger partial charge in [0, 0.05) is 32.4 Å². The third kappa shape index (κ3) is 4.89. The molecule has 2 aromatic rings. The van der Waals surface area contributed by atoms with Gasteiger partial charge in [-0.3, -0.25) is 9.69 Å². The largest absolute Gasteiger partial charge is 0.433 e. The highest BCUT2D eigenvalue weighted by molar-refractivity contribution is 5.93. The lowest BCUT2D eigenvalue weighted by Crippen LogP contribution is -2.48. The molecule has 0 unspecified atom stereocenters. The van der Waals surface area contributed by atoms with Gasteiger partial charge in [-0.1, -0.05) is 18.2 Å². The number of hydrogen-bond donors (Lipinski definition) is 1. The molecule has 1 aliphatic rings. The van der Waals surface area contributed by atoms with Crippen LogP contribution < -0.4 is 15.0 Å². The van der Waals surface area contributed by atoms with Crippen molar-refractivity contribution in [3.63, 3.8) is 0 Å². The lowest BCUT2D eigenvalue weighted by molar-refractivity contribution is -0.117. The number of pyridine rings is 1. The van der Waals surface area contributed by atoms with Crippen LogP contribution in [0.2, 0.25) is 0 Å². The number of carbonyl (C=O) groups is 1. The fraction of sp³-hybridized carbons (Fsp3) is 0.333. The molecule has 6 nitrogen and oxygen atoms in total. The number of carbonyl (C=O) groups excluding carboxylic acids is 1. The van der Waals surface area contributed by atoms with Crippen LogP contribution in [0.4, 0.5) is 20.3 Å². The molecule has 1 aromatic heterocycles. The van der Waals surface area contributed by atoms with E-state index >= 15 is 0 Å². The summed E-state index contributed by atoms with van der Waals surface area (Å²) in [4.78, 5) is 20.8. The first-order valence-corrected chi connectivity index (χ1v) is 8.34. The molecule has 0 saturated carbocycles. The molecular weight excluding hydrogens is 342 g/mol. The summed E-state index contributed by atoms with van der Waals surface area (Å²) in [6.45, 7) is 0.245. The van der Waals surface area contributed by atoms with Crippen molar-refractivity contribution in [3.8, 4) is 5.75 Å². The van der Waals surface area contributed by atoms with Crippen LogP contribution in [-0.4, -0.2) is 55.1 Å². The van der Waals surface area contributed by atoms with Gasteiger partial charge in [-0.25, -0.2) is 4.98 Å². The molecule has 0 bridgehead atoms. The molecule has 0 spiro atoms. The van der Waals surface area contributed by atoms with Crippen molar-refractivity contribution in [1.82, 2.24) is 9.88 Å². The standard InChI is InChI=1S/C18H20F2N4O2/c19-18(20)26-15-6-2-1-5-14(15)22-17(25)13-23-9-11-24(12-10-23)16-7-3-4-8-21-16/h1-8,18H,9-13H2,(H,22,25). The van der Waals surface area contributed by atoms with Crippen molar-refractivity contribution in [2.45, 2.75) is 6.61 Å². The maximum atomic E-state index is 12.4. The van der Waals surface area contributed by atoms with Crippen LogP contribution in [0, 0.1) is 0 Å². The highest BCUT2D eigenvalue weighted by Crippen LogP contribution is 2.25. The Balaban J connectivity index is 1.51. The summed E-state index contributed by atoms with van der Waals surface area (Å²) in [5.41, 5.74) is 0.241. The van der Waals surface area contributed by atoms with Gasteiger partial charge in [0.15, 0.2) is 0 Å². The number of ether oxygens (including phenoxy) is 1. The number of rotatable bonds is 6. The van der Waals surface area contributed by atoms with E-state index in [0.717, 1.165) is 32.0 Å². The van der Waals surface area contributed by atoms with Gasteiger partial charge in [0.25, 0.3) is 0 Å². The lowest BCUT2D eigenvalue weighted by Gasteiger charge is -2.34. The Morgan fingerprint density at radius 3 is 2.54 bits per heavy atom. The normalized spacial score (nSPS) is 15.1. The molecular formula is C18H20F2N4O2. The predicted molar refractivity (Wildman–Crippen MR) is 94.6 cm³/mol. The quantitative estimate of drug-likeness (QED) is 0.855. The van der Waals surface area contributed by atoms with Gasteiger partial charge in [-0.15, -0.1) is 0 Å². The maximum Gasteiger partial charge on any atom is 0.387 e. The number of hydrogen-bond acceptors (Lipinski definition) is 5. The van der Waals surface area contributed by atoms with E-state index in [2.05, 4.69) is 19.9 Å². The highest BCUT2D eigenvalue weighted by atomic mass is 19.3. The number of benzene rings is 1. The summed E-state index contributed by atoms with van der Waals surface area (Å²) < 4.78 is 29.3. The summed E-state index contributed by atoms with van der Waals surface area (Å²) in [6, 6.07) is 11.9. The summed E-state index contributed by atoms with van der Waals surface area (Å²) in [6.07, 6.45) is 1.76. The van der Waals surface area contributed by atoms with Crippen LogP contribution in [0.5, 0.6) is 5.75 Å². The second-order valence-electron chi connectivity index (χ2n) is 5.87. The topological polar surface area (TPSA) is 57.7 Å². The number of para-hydroxylation sites is 2. The number of piperazine rings is 1. The Hall–Kier alpha value is -2.74. The molecule has 1 fully saturated rings. The van der Waals surface area contributed by atoms with E-state index < -0.39 is 6.61 Å². The van der Waals surface area contributed by atoms with E-state index in [0.29, 0.717) is 0 Å². The maximum absolute atomic E-state index is 12.4. The molecule has 1 amide bonds. The number of amides is 1. The van der Waals surface area contributed by atoms with Crippen molar-refractivity contribution in [3.05, 3.63) is 48.7 Å². The Morgan fingerprint density at radius 1 is 1.12 bits per heavy atom. The van der Waals surface area contributed by atoms with Crippen molar-refractivity contribution in [1.29, 1.82) is 0 Å². The van der Waals surface area contributed by atoms with Gasteiger partial charge < -0.3 is 15.0 Å². The third-order valence-corrected chi connectivity index (χ3v) is 4.09. The molecule has 0 atom stereocenters. The Kier molecular flexibility index (Phi) is 5.96. The van der Waals surface area contributed by atoms with Gasteiger partial charge >= 0.3 is 6.61 Å². The van der Waals surface area contributed by atoms with Crippen LogP contribution in [0.25, 0.3) is 0 Å². The molecule has 0 radical (unpaired) electrons. The SMILES string of the molecule is O=C(CN1CCN(c2ccccn2)CC1)Nc1ccccc1OC(F)F. The minimum Gasteiger partial charge on any atom is -0.433 e. The summed E-state index contributed by atoms with van der Waals surface area (Å²) in [5, 5.41) is 2.64. The number of nitrogens with one attached hydrogen (secondary N) is 1. The smallest absolute Gasteiger partial charge is 0.387 e. The molecule has 3 rings (SSSR count). The Morgan fingerprint density at radius 2 is 1.85 bits per heavy atom. The minimum atomic E-state index is -2.94. The fourth-order valence-corrected chi connectivity index (χ4v) is 2.84. The van der Waals surface area contributed by atoms with E-state index in [1.165, 1.54) is 12.1 Å². The summed E-state index contributed by atoms with van der Waals surface area (Å²) in [7, 11) is 0. The van der Waals surface area contributed by atoms with Crippen molar-refractivity contribution in [2.75, 3.05) is 42.9 Å². The van der Waals surface area contributed by atoms with Crippen molar-refractivity contribution < 1.29 is 18.3 Å². The van der Waals surface area contributed by atoms with Crippen LogP contribution in [0.15, 0.2) is 48.7 Å². The first kappa shape index (κ1) is 18.1. The van der Waals surface area contributed by atoms with Gasteiger partial charge in [0.1, 0.15) is 11.6 Å². The van der Waals surface area contributed by atoms with Crippen LogP contribution >= 0.6 is 0 Å². The lowest BCUT2D eigenvalue weighted by atomic mass is 10.2. The van der Waals surface area contributed by atoms with Gasteiger partial charge in [-0.05, 0) is 24.3 Å². The van der Waals surface area contributed by atoms with Crippen LogP contribution in [0.1, 0.15) is 0 Å². The zero-order valence-electron chi connectivity index (χ0n) is 14.1. The van der Waals surface area contributed by atoms with Gasteiger partial charge in [-0.2, -0.15) is 8.78 Å². The number of halogens is 2. The molecule has 1 aromatic carbocycles. The van der Waals surface area contributed by atoms with Crippen molar-refractivity contribution in [2.24, 2.45) is 0 Å². The first-order chi connectivity index (χ1) is 12.6. The Labute approximate surface area is 150 Å². The van der Waals surface area contributed by atoms with E-state index in [1.807, 2.05) is 23.1 Å². The van der Waals surface area contributed by atoms with E-state index in [1.54, 1.807) is 18.3 Å². The molecule has 8 heteroatoms. The monoisotopic (exact) mass is 362 g/mol. The fourth-order valence-electron chi connectivity index (χ4n) is 2.84. The minimum absolute atomic E-state index is 0.0455. The van der Waals surface area contributed by atoms with Gasteiger partial charge in [0.2, 0.25) is 5.91 Å². The van der Waals surface area contributed by atoms with Crippen LogP contribution in [0.3, 0.4) is 0 Å². The Bertz CT molecular complexity index is 722. The molecule has 26 heavy (non-hydrogen) atoms. The number of aromatic nitrogens is 1. The van der Waals surface area contributed by atoms with E-state index in [4.69, 9.17) is 0 Å². The summed E-state index contributed by atoms with van der Waals surface area (Å²) >= 11 is 0. The predicted octanol–water partition coefficient (Wildman–Crippen LogP) is 2.44. The number of alkyl halides is 2.